The Balaban J connectivity index is 1.75. The molecule has 0 aliphatic carbocycles. The standard InChI is InChI=1S/C24H20N2O3/c1-2-28-22-12-7-9-20(16-22)26-24(27)19(17-25)14-18-8-6-13-23(15-18)29-21-10-4-3-5-11-21/h3-16H,2H2,1H3,(H,26,27)/b19-14-. The van der Waals surface area contributed by atoms with Gasteiger partial charge in [0, 0.05) is 11.8 Å². The van der Waals surface area contributed by atoms with Crippen molar-refractivity contribution in [1.29, 1.82) is 5.26 Å². The van der Waals surface area contributed by atoms with Crippen LogP contribution in [-0.2, 0) is 4.79 Å². The van der Waals surface area contributed by atoms with E-state index < -0.39 is 5.91 Å². The van der Waals surface area contributed by atoms with Crippen molar-refractivity contribution in [2.45, 2.75) is 6.92 Å². The summed E-state index contributed by atoms with van der Waals surface area (Å²) in [6.07, 6.45) is 1.53. The molecule has 29 heavy (non-hydrogen) atoms. The fraction of sp³-hybridized carbons (Fsp3) is 0.0833. The molecule has 0 bridgehead atoms. The molecule has 0 fully saturated rings. The molecule has 0 saturated carbocycles. The third-order valence-electron chi connectivity index (χ3n) is 3.92. The number of carbonyl (C=O) groups excluding carboxylic acids is 1. The van der Waals surface area contributed by atoms with Crippen LogP contribution in [0.1, 0.15) is 12.5 Å². The molecule has 5 nitrogen and oxygen atoms in total. The second-order valence-electron chi connectivity index (χ2n) is 6.07. The summed E-state index contributed by atoms with van der Waals surface area (Å²) >= 11 is 0. The molecule has 0 saturated heterocycles. The van der Waals surface area contributed by atoms with Crippen LogP contribution in [0.4, 0.5) is 5.69 Å². The van der Waals surface area contributed by atoms with Crippen LogP contribution in [0.3, 0.4) is 0 Å². The first-order valence-corrected chi connectivity index (χ1v) is 9.17. The molecule has 1 amide bonds. The summed E-state index contributed by atoms with van der Waals surface area (Å²) in [6.45, 7) is 2.42. The molecule has 0 spiro atoms. The number of rotatable bonds is 7. The Kier molecular flexibility index (Phi) is 6.64. The van der Waals surface area contributed by atoms with Gasteiger partial charge in [0.2, 0.25) is 0 Å². The molecule has 0 unspecified atom stereocenters. The highest BCUT2D eigenvalue weighted by atomic mass is 16.5. The van der Waals surface area contributed by atoms with Crippen molar-refractivity contribution in [2.75, 3.05) is 11.9 Å². The van der Waals surface area contributed by atoms with Crippen LogP contribution in [0, 0.1) is 11.3 Å². The molecule has 0 radical (unpaired) electrons. The smallest absolute Gasteiger partial charge is 0.266 e. The van der Waals surface area contributed by atoms with Gasteiger partial charge in [-0.2, -0.15) is 5.26 Å². The molecule has 3 rings (SSSR count). The van der Waals surface area contributed by atoms with Crippen molar-refractivity contribution in [3.63, 3.8) is 0 Å². The first-order chi connectivity index (χ1) is 14.2. The summed E-state index contributed by atoms with van der Waals surface area (Å²) in [5, 5.41) is 12.2. The molecular weight excluding hydrogens is 364 g/mol. The molecule has 3 aromatic rings. The number of hydrogen-bond acceptors (Lipinski definition) is 4. The minimum absolute atomic E-state index is 0.0105. The van der Waals surface area contributed by atoms with E-state index in [1.165, 1.54) is 6.08 Å². The topological polar surface area (TPSA) is 71.3 Å². The van der Waals surface area contributed by atoms with Crippen LogP contribution in [0.5, 0.6) is 17.2 Å². The highest BCUT2D eigenvalue weighted by Gasteiger charge is 2.10. The van der Waals surface area contributed by atoms with Crippen LogP contribution >= 0.6 is 0 Å². The number of hydrogen-bond donors (Lipinski definition) is 1. The molecule has 1 N–H and O–H groups in total. The van der Waals surface area contributed by atoms with Gasteiger partial charge in [-0.05, 0) is 55.0 Å². The maximum absolute atomic E-state index is 12.5. The lowest BCUT2D eigenvalue weighted by Gasteiger charge is -2.08. The fourth-order valence-electron chi connectivity index (χ4n) is 2.64. The average molecular weight is 384 g/mol. The minimum atomic E-state index is -0.490. The van der Waals surface area contributed by atoms with E-state index in [0.29, 0.717) is 35.1 Å². The number of nitrogens with one attached hydrogen (secondary N) is 1. The molecule has 0 heterocycles. The number of amides is 1. The van der Waals surface area contributed by atoms with Crippen molar-refractivity contribution in [3.05, 3.63) is 90.0 Å². The highest BCUT2D eigenvalue weighted by Crippen LogP contribution is 2.23. The average Bonchev–Trinajstić information content (AvgIpc) is 2.73. The number of carbonyl (C=O) groups is 1. The first kappa shape index (κ1) is 19.7. The van der Waals surface area contributed by atoms with Crippen molar-refractivity contribution in [1.82, 2.24) is 0 Å². The molecule has 0 aromatic heterocycles. The Hall–Kier alpha value is -4.04. The van der Waals surface area contributed by atoms with Gasteiger partial charge in [0.05, 0.1) is 6.61 Å². The number of para-hydroxylation sites is 1. The van der Waals surface area contributed by atoms with E-state index in [-0.39, 0.29) is 5.57 Å². The van der Waals surface area contributed by atoms with E-state index in [4.69, 9.17) is 9.47 Å². The van der Waals surface area contributed by atoms with E-state index in [1.807, 2.05) is 55.5 Å². The van der Waals surface area contributed by atoms with Crippen LogP contribution in [0.15, 0.2) is 84.4 Å². The third-order valence-corrected chi connectivity index (χ3v) is 3.92. The Morgan fingerprint density at radius 3 is 2.45 bits per heavy atom. The number of benzene rings is 3. The summed E-state index contributed by atoms with van der Waals surface area (Å²) in [4.78, 5) is 12.5. The Morgan fingerprint density at radius 1 is 0.966 bits per heavy atom. The highest BCUT2D eigenvalue weighted by molar-refractivity contribution is 6.09. The quantitative estimate of drug-likeness (QED) is 0.436. The van der Waals surface area contributed by atoms with Crippen molar-refractivity contribution >= 4 is 17.7 Å². The minimum Gasteiger partial charge on any atom is -0.494 e. The number of anilines is 1. The van der Waals surface area contributed by atoms with Gasteiger partial charge in [-0.15, -0.1) is 0 Å². The molecule has 3 aromatic carbocycles. The molecule has 5 heteroatoms. The molecule has 0 aliphatic heterocycles. The van der Waals surface area contributed by atoms with E-state index in [1.54, 1.807) is 36.4 Å². The molecule has 0 atom stereocenters. The lowest BCUT2D eigenvalue weighted by molar-refractivity contribution is -0.112. The van der Waals surface area contributed by atoms with Gasteiger partial charge in [0.15, 0.2) is 0 Å². The maximum atomic E-state index is 12.5. The molecule has 144 valence electrons. The van der Waals surface area contributed by atoms with Crippen LogP contribution < -0.4 is 14.8 Å². The van der Waals surface area contributed by atoms with Gasteiger partial charge in [-0.25, -0.2) is 0 Å². The maximum Gasteiger partial charge on any atom is 0.266 e. The Labute approximate surface area is 169 Å². The molecule has 0 aliphatic rings. The van der Waals surface area contributed by atoms with E-state index in [9.17, 15) is 10.1 Å². The van der Waals surface area contributed by atoms with E-state index in [2.05, 4.69) is 5.32 Å². The summed E-state index contributed by atoms with van der Waals surface area (Å²) in [7, 11) is 0. The van der Waals surface area contributed by atoms with Crippen LogP contribution in [0.25, 0.3) is 6.08 Å². The van der Waals surface area contributed by atoms with Gasteiger partial charge < -0.3 is 14.8 Å². The van der Waals surface area contributed by atoms with Gasteiger partial charge in [-0.1, -0.05) is 36.4 Å². The monoisotopic (exact) mass is 384 g/mol. The SMILES string of the molecule is CCOc1cccc(NC(=O)/C(C#N)=C\c2cccc(Oc3ccccc3)c2)c1. The third kappa shape index (κ3) is 5.72. The number of ether oxygens (including phenoxy) is 2. The zero-order valence-corrected chi connectivity index (χ0v) is 16.0. The van der Waals surface area contributed by atoms with Crippen LogP contribution in [-0.4, -0.2) is 12.5 Å². The van der Waals surface area contributed by atoms with Gasteiger partial charge in [0.25, 0.3) is 5.91 Å². The number of nitrogens with zero attached hydrogens (tertiary/aromatic N) is 1. The fourth-order valence-corrected chi connectivity index (χ4v) is 2.64. The van der Waals surface area contributed by atoms with E-state index >= 15 is 0 Å². The lowest BCUT2D eigenvalue weighted by Crippen LogP contribution is -2.13. The lowest BCUT2D eigenvalue weighted by atomic mass is 10.1. The number of nitriles is 1. The van der Waals surface area contributed by atoms with Crippen molar-refractivity contribution < 1.29 is 14.3 Å². The van der Waals surface area contributed by atoms with Crippen molar-refractivity contribution in [2.24, 2.45) is 0 Å². The van der Waals surface area contributed by atoms with Gasteiger partial charge >= 0.3 is 0 Å². The van der Waals surface area contributed by atoms with Crippen molar-refractivity contribution in [3.8, 4) is 23.3 Å². The normalized spacial score (nSPS) is 10.7. The largest absolute Gasteiger partial charge is 0.494 e. The Morgan fingerprint density at radius 2 is 1.69 bits per heavy atom. The Bertz CT molecular complexity index is 1050. The zero-order valence-electron chi connectivity index (χ0n) is 16.0. The van der Waals surface area contributed by atoms with Crippen LogP contribution in [0.2, 0.25) is 0 Å². The second-order valence-corrected chi connectivity index (χ2v) is 6.07. The second kappa shape index (κ2) is 9.77. The summed E-state index contributed by atoms with van der Waals surface area (Å²) in [6, 6.07) is 25.6. The van der Waals surface area contributed by atoms with E-state index in [0.717, 1.165) is 0 Å². The first-order valence-electron chi connectivity index (χ1n) is 9.17. The predicted molar refractivity (Wildman–Crippen MR) is 113 cm³/mol. The van der Waals surface area contributed by atoms with Gasteiger partial charge in [0.1, 0.15) is 28.9 Å². The zero-order chi connectivity index (χ0) is 20.5. The summed E-state index contributed by atoms with van der Waals surface area (Å²) < 4.78 is 11.2. The predicted octanol–water partition coefficient (Wildman–Crippen LogP) is 5.42. The van der Waals surface area contributed by atoms with Gasteiger partial charge in [-0.3, -0.25) is 4.79 Å². The summed E-state index contributed by atoms with van der Waals surface area (Å²) in [5.41, 5.74) is 1.24. The molecular formula is C24H20N2O3. The summed E-state index contributed by atoms with van der Waals surface area (Å²) in [5.74, 6) is 1.49.